The summed E-state index contributed by atoms with van der Waals surface area (Å²) in [5, 5.41) is 0. The fraction of sp³-hybridized carbons (Fsp3) is 0.875. The second-order valence-corrected chi connectivity index (χ2v) is 6.85. The molecule has 0 rings (SSSR count). The van der Waals surface area contributed by atoms with Crippen LogP contribution in [-0.2, 0) is 9.59 Å². The summed E-state index contributed by atoms with van der Waals surface area (Å²) in [5.41, 5.74) is -0.258. The number of rotatable bonds is 4. The molecule has 18 heavy (non-hydrogen) atoms. The van der Waals surface area contributed by atoms with Crippen LogP contribution in [0.3, 0.4) is 0 Å². The molecule has 0 radical (unpaired) electrons. The predicted octanol–water partition coefficient (Wildman–Crippen LogP) is 4.80. The Hall–Kier alpha value is -0.660. The van der Waals surface area contributed by atoms with Crippen molar-refractivity contribution in [3.63, 3.8) is 0 Å². The van der Waals surface area contributed by atoms with Gasteiger partial charge in [0.15, 0.2) is 0 Å². The molecular weight excluding hydrogens is 224 g/mol. The molecule has 0 heterocycles. The Morgan fingerprint density at radius 3 is 0.944 bits per heavy atom. The molecule has 0 fully saturated rings. The average Bonchev–Trinajstić information content (AvgIpc) is 2.16. The highest BCUT2D eigenvalue weighted by Gasteiger charge is 2.19. The lowest BCUT2D eigenvalue weighted by Gasteiger charge is -2.15. The molecular formula is C16H32O2. The lowest BCUT2D eigenvalue weighted by Crippen LogP contribution is -2.19. The van der Waals surface area contributed by atoms with Crippen LogP contribution >= 0.6 is 0 Å². The molecule has 0 aromatic heterocycles. The third-order valence-electron chi connectivity index (χ3n) is 2.63. The molecule has 0 aliphatic heterocycles. The number of Topliss-reactive ketones (excluding diaryl/α,β-unsaturated/α-hetero) is 2. The number of hydrogen-bond donors (Lipinski definition) is 0. The highest BCUT2D eigenvalue weighted by Crippen LogP contribution is 2.17. The Balaban J connectivity index is 0. The van der Waals surface area contributed by atoms with E-state index in [0.717, 1.165) is 25.7 Å². The average molecular weight is 256 g/mol. The summed E-state index contributed by atoms with van der Waals surface area (Å²) in [6, 6.07) is 0. The van der Waals surface area contributed by atoms with Crippen LogP contribution in [0.25, 0.3) is 0 Å². The molecule has 0 spiro atoms. The zero-order valence-electron chi connectivity index (χ0n) is 13.6. The van der Waals surface area contributed by atoms with Crippen LogP contribution in [0, 0.1) is 10.8 Å². The van der Waals surface area contributed by atoms with E-state index in [1.807, 2.05) is 55.4 Å². The van der Waals surface area contributed by atoms with E-state index in [4.69, 9.17) is 0 Å². The fourth-order valence-corrected chi connectivity index (χ4v) is 1.20. The van der Waals surface area contributed by atoms with Gasteiger partial charge in [0, 0.05) is 23.7 Å². The first kappa shape index (κ1) is 19.7. The third kappa shape index (κ3) is 10.5. The van der Waals surface area contributed by atoms with E-state index in [1.165, 1.54) is 0 Å². The van der Waals surface area contributed by atoms with Crippen molar-refractivity contribution in [2.24, 2.45) is 10.8 Å². The predicted molar refractivity (Wildman–Crippen MR) is 78.7 cm³/mol. The molecule has 0 N–H and O–H groups in total. The number of hydrogen-bond acceptors (Lipinski definition) is 2. The number of carbonyl (C=O) groups is 2. The highest BCUT2D eigenvalue weighted by atomic mass is 16.1. The van der Waals surface area contributed by atoms with E-state index in [0.29, 0.717) is 11.6 Å². The van der Waals surface area contributed by atoms with Gasteiger partial charge < -0.3 is 0 Å². The van der Waals surface area contributed by atoms with Gasteiger partial charge in [-0.15, -0.1) is 0 Å². The van der Waals surface area contributed by atoms with E-state index in [-0.39, 0.29) is 10.8 Å². The van der Waals surface area contributed by atoms with Gasteiger partial charge in [-0.3, -0.25) is 9.59 Å². The summed E-state index contributed by atoms with van der Waals surface area (Å²) in [4.78, 5) is 22.1. The molecule has 0 saturated heterocycles. The van der Waals surface area contributed by atoms with E-state index >= 15 is 0 Å². The minimum absolute atomic E-state index is 0.129. The smallest absolute Gasteiger partial charge is 0.138 e. The lowest BCUT2D eigenvalue weighted by molar-refractivity contribution is -0.127. The van der Waals surface area contributed by atoms with Crippen molar-refractivity contribution in [3.05, 3.63) is 0 Å². The number of ketones is 2. The summed E-state index contributed by atoms with van der Waals surface area (Å²) in [5.74, 6) is 0.731. The van der Waals surface area contributed by atoms with Crippen molar-refractivity contribution in [2.75, 3.05) is 0 Å². The first-order valence-corrected chi connectivity index (χ1v) is 7.03. The molecule has 0 bridgehead atoms. The molecule has 0 saturated carbocycles. The van der Waals surface area contributed by atoms with Crippen molar-refractivity contribution in [3.8, 4) is 0 Å². The molecule has 2 heteroatoms. The third-order valence-corrected chi connectivity index (χ3v) is 2.63. The fourth-order valence-electron chi connectivity index (χ4n) is 1.20. The van der Waals surface area contributed by atoms with E-state index in [9.17, 15) is 9.59 Å². The van der Waals surface area contributed by atoms with Crippen LogP contribution < -0.4 is 0 Å². The monoisotopic (exact) mass is 256 g/mol. The Morgan fingerprint density at radius 1 is 0.667 bits per heavy atom. The summed E-state index contributed by atoms with van der Waals surface area (Å²) in [6.45, 7) is 15.8. The van der Waals surface area contributed by atoms with Crippen LogP contribution in [0.5, 0.6) is 0 Å². The Morgan fingerprint density at radius 2 is 0.889 bits per heavy atom. The maximum atomic E-state index is 11.1. The SMILES string of the molecule is CCCC(=O)C(C)(C)C.CCCC(=O)C(C)(C)C. The normalized spacial score (nSPS) is 11.6. The molecule has 0 aromatic rings. The van der Waals surface area contributed by atoms with Gasteiger partial charge in [-0.25, -0.2) is 0 Å². The van der Waals surface area contributed by atoms with Gasteiger partial charge in [0.05, 0.1) is 0 Å². The van der Waals surface area contributed by atoms with Crippen molar-refractivity contribution in [1.82, 2.24) is 0 Å². The van der Waals surface area contributed by atoms with Gasteiger partial charge in [-0.1, -0.05) is 55.4 Å². The van der Waals surface area contributed by atoms with Crippen LogP contribution in [0.4, 0.5) is 0 Å². The Kier molecular flexibility index (Phi) is 9.23. The standard InChI is InChI=1S/2C8H16O/c2*1-5-6-7(9)8(2,3)4/h2*5-6H2,1-4H3. The minimum atomic E-state index is -0.129. The topological polar surface area (TPSA) is 34.1 Å². The van der Waals surface area contributed by atoms with Crippen molar-refractivity contribution in [2.45, 2.75) is 81.1 Å². The van der Waals surface area contributed by atoms with Gasteiger partial charge in [0.1, 0.15) is 11.6 Å². The maximum absolute atomic E-state index is 11.1. The minimum Gasteiger partial charge on any atom is -0.299 e. The lowest BCUT2D eigenvalue weighted by atomic mass is 9.88. The van der Waals surface area contributed by atoms with Crippen LogP contribution in [0.2, 0.25) is 0 Å². The highest BCUT2D eigenvalue weighted by molar-refractivity contribution is 5.83. The Labute approximate surface area is 114 Å². The molecule has 108 valence electrons. The largest absolute Gasteiger partial charge is 0.299 e. The van der Waals surface area contributed by atoms with Gasteiger partial charge in [0.2, 0.25) is 0 Å². The second kappa shape index (κ2) is 8.44. The number of carbonyl (C=O) groups excluding carboxylic acids is 2. The molecule has 0 aliphatic rings. The quantitative estimate of drug-likeness (QED) is 0.723. The van der Waals surface area contributed by atoms with Crippen molar-refractivity contribution in [1.29, 1.82) is 0 Å². The van der Waals surface area contributed by atoms with Gasteiger partial charge >= 0.3 is 0 Å². The van der Waals surface area contributed by atoms with E-state index < -0.39 is 0 Å². The molecule has 0 aliphatic carbocycles. The Bertz CT molecular complexity index is 223. The van der Waals surface area contributed by atoms with Crippen LogP contribution in [0.1, 0.15) is 81.1 Å². The van der Waals surface area contributed by atoms with Gasteiger partial charge in [-0.05, 0) is 12.8 Å². The summed E-state index contributed by atoms with van der Waals surface area (Å²) in [7, 11) is 0. The molecule has 0 aromatic carbocycles. The second-order valence-electron chi connectivity index (χ2n) is 6.85. The van der Waals surface area contributed by atoms with Crippen molar-refractivity contribution >= 4 is 11.6 Å². The molecule has 0 atom stereocenters. The molecule has 0 amide bonds. The zero-order chi connectivity index (χ0) is 15.0. The zero-order valence-corrected chi connectivity index (χ0v) is 13.6. The summed E-state index contributed by atoms with van der Waals surface area (Å²) < 4.78 is 0. The van der Waals surface area contributed by atoms with Gasteiger partial charge in [0.25, 0.3) is 0 Å². The van der Waals surface area contributed by atoms with Crippen molar-refractivity contribution < 1.29 is 9.59 Å². The summed E-state index contributed by atoms with van der Waals surface area (Å²) in [6.07, 6.45) is 3.39. The van der Waals surface area contributed by atoms with Crippen LogP contribution in [-0.4, -0.2) is 11.6 Å². The van der Waals surface area contributed by atoms with E-state index in [2.05, 4.69) is 0 Å². The first-order valence-electron chi connectivity index (χ1n) is 7.03. The van der Waals surface area contributed by atoms with E-state index in [1.54, 1.807) is 0 Å². The molecule has 0 unspecified atom stereocenters. The maximum Gasteiger partial charge on any atom is 0.138 e. The summed E-state index contributed by atoms with van der Waals surface area (Å²) >= 11 is 0. The first-order chi connectivity index (χ1) is 7.96. The van der Waals surface area contributed by atoms with Crippen LogP contribution in [0.15, 0.2) is 0 Å². The van der Waals surface area contributed by atoms with Gasteiger partial charge in [-0.2, -0.15) is 0 Å². The molecule has 2 nitrogen and oxygen atoms in total.